The van der Waals surface area contributed by atoms with Crippen LogP contribution < -0.4 is 16.0 Å². The molecule has 3 N–H and O–H groups in total. The highest BCUT2D eigenvalue weighted by molar-refractivity contribution is 8.00. The van der Waals surface area contributed by atoms with Gasteiger partial charge in [0.15, 0.2) is 5.13 Å². The standard InChI is InChI=1S/C31H24N4O4S2/c36-28(22-11-5-2-6-12-22)34-26(20-24-14-8-17-39-24)29(37)33-23-13-7-15-25(19-23)41-27(21-9-3-1-4-10-21)30(38)35-31-32-16-18-40-31/h1-20,27H,(H,33,37)(H,34,36)(H,32,35,38)/b26-20-. The van der Waals surface area contributed by atoms with Crippen LogP contribution in [0, 0.1) is 0 Å². The third kappa shape index (κ3) is 7.59. The molecule has 0 bridgehead atoms. The van der Waals surface area contributed by atoms with Gasteiger partial charge in [-0.1, -0.05) is 54.6 Å². The van der Waals surface area contributed by atoms with E-state index in [4.69, 9.17) is 4.42 Å². The first-order valence-electron chi connectivity index (χ1n) is 12.5. The van der Waals surface area contributed by atoms with Crippen LogP contribution in [0.4, 0.5) is 10.8 Å². The second-order valence-corrected chi connectivity index (χ2v) is 10.7. The van der Waals surface area contributed by atoms with Crippen molar-refractivity contribution in [3.8, 4) is 0 Å². The molecule has 0 saturated heterocycles. The highest BCUT2D eigenvalue weighted by Gasteiger charge is 2.23. The smallest absolute Gasteiger partial charge is 0.272 e. The molecule has 5 aromatic rings. The van der Waals surface area contributed by atoms with Crippen LogP contribution in [0.15, 0.2) is 130 Å². The van der Waals surface area contributed by atoms with Gasteiger partial charge in [0.25, 0.3) is 11.8 Å². The van der Waals surface area contributed by atoms with Gasteiger partial charge in [-0.05, 0) is 48.0 Å². The van der Waals surface area contributed by atoms with Crippen LogP contribution >= 0.6 is 23.1 Å². The van der Waals surface area contributed by atoms with Crippen molar-refractivity contribution in [3.05, 3.63) is 137 Å². The summed E-state index contributed by atoms with van der Waals surface area (Å²) in [7, 11) is 0. The summed E-state index contributed by atoms with van der Waals surface area (Å²) in [5.41, 5.74) is 1.74. The van der Waals surface area contributed by atoms with Crippen LogP contribution in [-0.4, -0.2) is 22.7 Å². The quantitative estimate of drug-likeness (QED) is 0.126. The topological polar surface area (TPSA) is 113 Å². The van der Waals surface area contributed by atoms with Gasteiger partial charge in [-0.2, -0.15) is 0 Å². The Morgan fingerprint density at radius 2 is 1.66 bits per heavy atom. The summed E-state index contributed by atoms with van der Waals surface area (Å²) in [6.07, 6.45) is 4.58. The Hall–Kier alpha value is -4.93. The second kappa shape index (κ2) is 13.4. The van der Waals surface area contributed by atoms with Crippen LogP contribution in [0.2, 0.25) is 0 Å². The highest BCUT2D eigenvalue weighted by atomic mass is 32.2. The van der Waals surface area contributed by atoms with E-state index >= 15 is 0 Å². The molecule has 2 heterocycles. The van der Waals surface area contributed by atoms with Crippen molar-refractivity contribution in [3.63, 3.8) is 0 Å². The van der Waals surface area contributed by atoms with Crippen molar-refractivity contribution in [1.82, 2.24) is 10.3 Å². The van der Waals surface area contributed by atoms with E-state index < -0.39 is 17.1 Å². The zero-order chi connectivity index (χ0) is 28.4. The molecule has 5 rings (SSSR count). The molecule has 10 heteroatoms. The van der Waals surface area contributed by atoms with E-state index in [1.54, 1.807) is 72.2 Å². The number of hydrogen-bond acceptors (Lipinski definition) is 7. The van der Waals surface area contributed by atoms with Crippen LogP contribution in [0.1, 0.15) is 26.9 Å². The Labute approximate surface area is 244 Å². The number of amides is 3. The Morgan fingerprint density at radius 1 is 0.878 bits per heavy atom. The average molecular weight is 581 g/mol. The zero-order valence-corrected chi connectivity index (χ0v) is 23.2. The second-order valence-electron chi connectivity index (χ2n) is 8.61. The van der Waals surface area contributed by atoms with Crippen LogP contribution in [-0.2, 0) is 9.59 Å². The van der Waals surface area contributed by atoms with E-state index in [9.17, 15) is 14.4 Å². The van der Waals surface area contributed by atoms with Crippen molar-refractivity contribution in [2.24, 2.45) is 0 Å². The minimum Gasteiger partial charge on any atom is -0.465 e. The number of aromatic nitrogens is 1. The number of thioether (sulfide) groups is 1. The molecule has 41 heavy (non-hydrogen) atoms. The number of benzene rings is 3. The molecule has 3 aromatic carbocycles. The molecular formula is C31H24N4O4S2. The van der Waals surface area contributed by atoms with E-state index in [1.807, 2.05) is 36.4 Å². The van der Waals surface area contributed by atoms with Gasteiger partial charge in [0, 0.05) is 33.8 Å². The number of nitrogens with one attached hydrogen (secondary N) is 3. The van der Waals surface area contributed by atoms with E-state index in [0.29, 0.717) is 22.1 Å². The van der Waals surface area contributed by atoms with Gasteiger partial charge in [-0.15, -0.1) is 23.1 Å². The van der Waals surface area contributed by atoms with Crippen LogP contribution in [0.25, 0.3) is 6.08 Å². The van der Waals surface area contributed by atoms with Gasteiger partial charge in [0.05, 0.1) is 6.26 Å². The molecule has 1 unspecified atom stereocenters. The first-order chi connectivity index (χ1) is 20.0. The lowest BCUT2D eigenvalue weighted by molar-refractivity contribution is -0.116. The predicted molar refractivity (Wildman–Crippen MR) is 161 cm³/mol. The number of anilines is 2. The molecule has 204 valence electrons. The summed E-state index contributed by atoms with van der Waals surface area (Å²) in [5, 5.41) is 10.2. The minimum absolute atomic E-state index is 0.0110. The van der Waals surface area contributed by atoms with Crippen molar-refractivity contribution in [2.45, 2.75) is 10.1 Å². The van der Waals surface area contributed by atoms with Crippen LogP contribution in [0.3, 0.4) is 0 Å². The van der Waals surface area contributed by atoms with Crippen molar-refractivity contribution in [2.75, 3.05) is 10.6 Å². The molecule has 0 aliphatic carbocycles. The highest BCUT2D eigenvalue weighted by Crippen LogP contribution is 2.37. The fourth-order valence-electron chi connectivity index (χ4n) is 3.80. The maximum atomic E-state index is 13.3. The van der Waals surface area contributed by atoms with Gasteiger partial charge in [-0.25, -0.2) is 4.98 Å². The molecule has 0 fully saturated rings. The molecule has 0 aliphatic heterocycles. The van der Waals surface area contributed by atoms with Gasteiger partial charge < -0.3 is 20.4 Å². The minimum atomic E-state index is -0.564. The number of nitrogens with zero attached hydrogens (tertiary/aromatic N) is 1. The summed E-state index contributed by atoms with van der Waals surface area (Å²) in [4.78, 5) is 44.3. The lowest BCUT2D eigenvalue weighted by Crippen LogP contribution is -2.30. The number of furan rings is 1. The summed E-state index contributed by atoms with van der Waals surface area (Å²) in [5.74, 6) is -0.767. The summed E-state index contributed by atoms with van der Waals surface area (Å²) < 4.78 is 5.36. The van der Waals surface area contributed by atoms with Crippen LogP contribution in [0.5, 0.6) is 0 Å². The largest absolute Gasteiger partial charge is 0.465 e. The van der Waals surface area contributed by atoms with Crippen molar-refractivity contribution >= 4 is 57.7 Å². The molecule has 3 amide bonds. The predicted octanol–water partition coefficient (Wildman–Crippen LogP) is 6.62. The van der Waals surface area contributed by atoms with E-state index in [-0.39, 0.29) is 11.6 Å². The third-order valence-electron chi connectivity index (χ3n) is 5.71. The fraction of sp³-hybridized carbons (Fsp3) is 0.0323. The molecule has 0 spiro atoms. The lowest BCUT2D eigenvalue weighted by atomic mass is 10.1. The Morgan fingerprint density at radius 3 is 2.37 bits per heavy atom. The molecule has 0 radical (unpaired) electrons. The summed E-state index contributed by atoms with van der Waals surface area (Å²) in [6, 6.07) is 28.6. The summed E-state index contributed by atoms with van der Waals surface area (Å²) >= 11 is 2.69. The number of carbonyl (C=O) groups excluding carboxylic acids is 3. The summed E-state index contributed by atoms with van der Waals surface area (Å²) in [6.45, 7) is 0. The first kappa shape index (κ1) is 27.6. The molecule has 1 atom stereocenters. The van der Waals surface area contributed by atoms with Crippen molar-refractivity contribution in [1.29, 1.82) is 0 Å². The average Bonchev–Trinajstić information content (AvgIpc) is 3.71. The Balaban J connectivity index is 1.35. The van der Waals surface area contributed by atoms with Gasteiger partial charge in [-0.3, -0.25) is 14.4 Å². The van der Waals surface area contributed by atoms with E-state index in [2.05, 4.69) is 20.9 Å². The molecule has 2 aromatic heterocycles. The Kier molecular flexibility index (Phi) is 9.05. The third-order valence-corrected chi connectivity index (χ3v) is 7.64. The lowest BCUT2D eigenvalue weighted by Gasteiger charge is -2.17. The maximum absolute atomic E-state index is 13.3. The molecule has 8 nitrogen and oxygen atoms in total. The first-order valence-corrected chi connectivity index (χ1v) is 14.3. The maximum Gasteiger partial charge on any atom is 0.272 e. The number of rotatable bonds is 10. The Bertz CT molecular complexity index is 1640. The van der Waals surface area contributed by atoms with E-state index in [1.165, 1.54) is 35.4 Å². The zero-order valence-electron chi connectivity index (χ0n) is 21.5. The number of carbonyl (C=O) groups is 3. The molecule has 0 aliphatic rings. The van der Waals surface area contributed by atoms with Gasteiger partial charge >= 0.3 is 0 Å². The number of hydrogen-bond donors (Lipinski definition) is 3. The van der Waals surface area contributed by atoms with Gasteiger partial charge in [0.1, 0.15) is 16.7 Å². The van der Waals surface area contributed by atoms with Crippen molar-refractivity contribution < 1.29 is 18.8 Å². The van der Waals surface area contributed by atoms with Gasteiger partial charge in [0.2, 0.25) is 5.91 Å². The normalized spacial score (nSPS) is 11.9. The van der Waals surface area contributed by atoms with E-state index in [0.717, 1.165) is 10.5 Å². The SMILES string of the molecule is O=C(Nc1cccc(SC(C(=O)Nc2nccs2)c2ccccc2)c1)/C(=C/c1ccco1)NC(=O)c1ccccc1. The number of thiazole rings is 1. The molecular weight excluding hydrogens is 556 g/mol. The molecule has 0 saturated carbocycles. The monoisotopic (exact) mass is 580 g/mol. The fourth-order valence-corrected chi connectivity index (χ4v) is 5.41.